The first-order valence-corrected chi connectivity index (χ1v) is 6.39. The predicted octanol–water partition coefficient (Wildman–Crippen LogP) is 1.83. The van der Waals surface area contributed by atoms with Gasteiger partial charge in [0.1, 0.15) is 0 Å². The third kappa shape index (κ3) is 3.06. The molecule has 1 saturated heterocycles. The largest absolute Gasteiger partial charge is 0.381 e. The van der Waals surface area contributed by atoms with Crippen LogP contribution in [-0.4, -0.2) is 20.3 Å². The molecule has 0 saturated carbocycles. The Morgan fingerprint density at radius 1 is 1.29 bits per heavy atom. The molecule has 0 spiro atoms. The fourth-order valence-electron chi connectivity index (χ4n) is 2.58. The minimum atomic E-state index is 0.436. The Morgan fingerprint density at radius 2 is 1.94 bits per heavy atom. The van der Waals surface area contributed by atoms with Gasteiger partial charge in [-0.05, 0) is 36.9 Å². The van der Waals surface area contributed by atoms with E-state index in [1.54, 1.807) is 0 Å². The van der Waals surface area contributed by atoms with Crippen molar-refractivity contribution in [3.05, 3.63) is 35.4 Å². The van der Waals surface area contributed by atoms with E-state index in [1.807, 2.05) is 7.05 Å². The van der Waals surface area contributed by atoms with Crippen molar-refractivity contribution in [2.45, 2.75) is 25.4 Å². The Balaban J connectivity index is 2.10. The van der Waals surface area contributed by atoms with Crippen LogP contribution in [0, 0.1) is 5.92 Å². The summed E-state index contributed by atoms with van der Waals surface area (Å²) in [7, 11) is 2.04. The Morgan fingerprint density at radius 3 is 2.47 bits per heavy atom. The van der Waals surface area contributed by atoms with Gasteiger partial charge in [-0.3, -0.25) is 0 Å². The van der Waals surface area contributed by atoms with Crippen LogP contribution in [0.5, 0.6) is 0 Å². The first-order valence-electron chi connectivity index (χ1n) is 6.39. The van der Waals surface area contributed by atoms with Crippen LogP contribution in [0.15, 0.2) is 24.3 Å². The first kappa shape index (κ1) is 12.6. The van der Waals surface area contributed by atoms with Crippen LogP contribution >= 0.6 is 0 Å². The minimum absolute atomic E-state index is 0.436. The zero-order valence-electron chi connectivity index (χ0n) is 10.5. The molecule has 1 unspecified atom stereocenters. The third-order valence-electron chi connectivity index (χ3n) is 3.62. The molecule has 3 N–H and O–H groups in total. The summed E-state index contributed by atoms with van der Waals surface area (Å²) in [4.78, 5) is 0. The summed E-state index contributed by atoms with van der Waals surface area (Å²) in [6.07, 6.45) is 2.29. The van der Waals surface area contributed by atoms with Crippen molar-refractivity contribution in [2.24, 2.45) is 11.7 Å². The van der Waals surface area contributed by atoms with Gasteiger partial charge in [-0.25, -0.2) is 0 Å². The summed E-state index contributed by atoms with van der Waals surface area (Å²) < 4.78 is 5.42. The van der Waals surface area contributed by atoms with Crippen LogP contribution in [0.2, 0.25) is 0 Å². The van der Waals surface area contributed by atoms with Gasteiger partial charge in [-0.1, -0.05) is 24.3 Å². The normalized spacial score (nSPS) is 19.2. The molecule has 0 radical (unpaired) electrons. The maximum atomic E-state index is 5.62. The van der Waals surface area contributed by atoms with E-state index < -0.39 is 0 Å². The van der Waals surface area contributed by atoms with Gasteiger partial charge < -0.3 is 15.8 Å². The van der Waals surface area contributed by atoms with Crippen LogP contribution < -0.4 is 11.1 Å². The molecule has 0 aliphatic carbocycles. The summed E-state index contributed by atoms with van der Waals surface area (Å²) in [6.45, 7) is 2.40. The molecule has 3 nitrogen and oxygen atoms in total. The quantitative estimate of drug-likeness (QED) is 0.835. The lowest BCUT2D eigenvalue weighted by Gasteiger charge is -2.30. The van der Waals surface area contributed by atoms with Gasteiger partial charge in [-0.2, -0.15) is 0 Å². The molecule has 1 aliphatic rings. The van der Waals surface area contributed by atoms with Crippen molar-refractivity contribution < 1.29 is 4.74 Å². The zero-order chi connectivity index (χ0) is 12.1. The molecule has 1 aliphatic heterocycles. The average Bonchev–Trinajstić information content (AvgIpc) is 2.42. The van der Waals surface area contributed by atoms with E-state index >= 15 is 0 Å². The van der Waals surface area contributed by atoms with Gasteiger partial charge in [0.25, 0.3) is 0 Å². The van der Waals surface area contributed by atoms with E-state index in [4.69, 9.17) is 10.5 Å². The van der Waals surface area contributed by atoms with Crippen LogP contribution in [0.25, 0.3) is 0 Å². The highest BCUT2D eigenvalue weighted by atomic mass is 16.5. The lowest BCUT2D eigenvalue weighted by atomic mass is 9.87. The van der Waals surface area contributed by atoms with Crippen molar-refractivity contribution >= 4 is 0 Å². The lowest BCUT2D eigenvalue weighted by Crippen LogP contribution is -2.29. The molecule has 3 heteroatoms. The number of hydrogen-bond acceptors (Lipinski definition) is 3. The van der Waals surface area contributed by atoms with Crippen LogP contribution in [0.3, 0.4) is 0 Å². The minimum Gasteiger partial charge on any atom is -0.381 e. The SMILES string of the molecule is CNC(c1ccc(CN)cc1)C1CCOCC1. The van der Waals surface area contributed by atoms with E-state index in [2.05, 4.69) is 29.6 Å². The predicted molar refractivity (Wildman–Crippen MR) is 69.7 cm³/mol. The molecule has 17 heavy (non-hydrogen) atoms. The van der Waals surface area contributed by atoms with Crippen LogP contribution in [0.1, 0.15) is 30.0 Å². The van der Waals surface area contributed by atoms with Gasteiger partial charge in [0.05, 0.1) is 0 Å². The van der Waals surface area contributed by atoms with Gasteiger partial charge in [0.15, 0.2) is 0 Å². The van der Waals surface area contributed by atoms with Gasteiger partial charge in [0.2, 0.25) is 0 Å². The summed E-state index contributed by atoms with van der Waals surface area (Å²) in [5.41, 5.74) is 8.17. The second-order valence-corrected chi connectivity index (χ2v) is 4.66. The molecular weight excluding hydrogens is 212 g/mol. The molecular formula is C14H22N2O. The van der Waals surface area contributed by atoms with E-state index in [0.717, 1.165) is 26.1 Å². The number of hydrogen-bond donors (Lipinski definition) is 2. The van der Waals surface area contributed by atoms with E-state index in [0.29, 0.717) is 18.5 Å². The fraction of sp³-hybridized carbons (Fsp3) is 0.571. The second-order valence-electron chi connectivity index (χ2n) is 4.66. The molecule has 1 atom stereocenters. The van der Waals surface area contributed by atoms with Gasteiger partial charge in [0, 0.05) is 25.8 Å². The maximum Gasteiger partial charge on any atom is 0.0469 e. The molecule has 1 aromatic rings. The van der Waals surface area contributed by atoms with Crippen molar-refractivity contribution in [3.8, 4) is 0 Å². The number of nitrogens with two attached hydrogens (primary N) is 1. The smallest absolute Gasteiger partial charge is 0.0469 e. The summed E-state index contributed by atoms with van der Waals surface area (Å²) in [5.74, 6) is 0.678. The Kier molecular flexibility index (Phi) is 4.54. The Bertz CT molecular complexity index is 331. The maximum absolute atomic E-state index is 5.62. The standard InChI is InChI=1S/C14H22N2O/c1-16-14(13-6-8-17-9-7-13)12-4-2-11(10-15)3-5-12/h2-5,13-14,16H,6-10,15H2,1H3. The number of benzene rings is 1. The average molecular weight is 234 g/mol. The molecule has 0 aromatic heterocycles. The summed E-state index contributed by atoms with van der Waals surface area (Å²) in [6, 6.07) is 9.07. The topological polar surface area (TPSA) is 47.3 Å². The fourth-order valence-corrected chi connectivity index (χ4v) is 2.58. The summed E-state index contributed by atoms with van der Waals surface area (Å²) >= 11 is 0. The van der Waals surface area contributed by atoms with Gasteiger partial charge >= 0.3 is 0 Å². The van der Waals surface area contributed by atoms with Crippen LogP contribution in [-0.2, 0) is 11.3 Å². The van der Waals surface area contributed by atoms with Gasteiger partial charge in [-0.15, -0.1) is 0 Å². The Hall–Kier alpha value is -0.900. The molecule has 0 amide bonds. The van der Waals surface area contributed by atoms with E-state index in [9.17, 15) is 0 Å². The van der Waals surface area contributed by atoms with Crippen molar-refractivity contribution in [3.63, 3.8) is 0 Å². The van der Waals surface area contributed by atoms with Crippen molar-refractivity contribution in [2.75, 3.05) is 20.3 Å². The highest BCUT2D eigenvalue weighted by Crippen LogP contribution is 2.29. The molecule has 1 aromatic carbocycles. The van der Waals surface area contributed by atoms with Crippen molar-refractivity contribution in [1.82, 2.24) is 5.32 Å². The molecule has 0 bridgehead atoms. The van der Waals surface area contributed by atoms with E-state index in [1.165, 1.54) is 11.1 Å². The van der Waals surface area contributed by atoms with E-state index in [-0.39, 0.29) is 0 Å². The lowest BCUT2D eigenvalue weighted by molar-refractivity contribution is 0.0546. The highest BCUT2D eigenvalue weighted by Gasteiger charge is 2.23. The number of nitrogens with one attached hydrogen (secondary N) is 1. The zero-order valence-corrected chi connectivity index (χ0v) is 10.5. The summed E-state index contributed by atoms with van der Waals surface area (Å²) in [5, 5.41) is 3.44. The molecule has 2 rings (SSSR count). The van der Waals surface area contributed by atoms with Crippen LogP contribution in [0.4, 0.5) is 0 Å². The molecule has 94 valence electrons. The third-order valence-corrected chi connectivity index (χ3v) is 3.62. The second kappa shape index (κ2) is 6.15. The molecule has 1 heterocycles. The number of ether oxygens (including phenoxy) is 1. The first-order chi connectivity index (χ1) is 8.35. The number of rotatable bonds is 4. The van der Waals surface area contributed by atoms with Crippen molar-refractivity contribution in [1.29, 1.82) is 0 Å². The Labute approximate surface area is 103 Å². The monoisotopic (exact) mass is 234 g/mol. The molecule has 1 fully saturated rings. The highest BCUT2D eigenvalue weighted by molar-refractivity contribution is 5.25.